The van der Waals surface area contributed by atoms with Gasteiger partial charge in [-0.25, -0.2) is 9.79 Å². The van der Waals surface area contributed by atoms with Crippen LogP contribution in [-0.4, -0.2) is 42.5 Å². The van der Waals surface area contributed by atoms with E-state index in [2.05, 4.69) is 27.2 Å². The zero-order chi connectivity index (χ0) is 20.4. The normalized spacial score (nSPS) is 23.4. The summed E-state index contributed by atoms with van der Waals surface area (Å²) < 4.78 is 5.47. The van der Waals surface area contributed by atoms with Crippen molar-refractivity contribution in [3.8, 4) is 6.07 Å². The van der Waals surface area contributed by atoms with Crippen LogP contribution in [0.1, 0.15) is 37.3 Å². The van der Waals surface area contributed by atoms with Crippen LogP contribution < -0.4 is 10.7 Å². The molecule has 0 spiro atoms. The van der Waals surface area contributed by atoms with Crippen molar-refractivity contribution in [3.05, 3.63) is 35.4 Å². The standard InChI is InChI=1S/C21H22N6O2/c1-2-19-18-10-15-9-13(3-5-17(15)27(18)21(28)29-19)14-4-6-20(24-11-14)25-12-16(26-23)7-8-22/h3-5,9,12,18-19H,2,6-7,10-11,23H2,1H3. The number of benzene rings is 1. The second-order valence-corrected chi connectivity index (χ2v) is 7.19. The molecular formula is C21H22N6O2. The highest BCUT2D eigenvalue weighted by Gasteiger charge is 2.46. The molecule has 1 aromatic rings. The van der Waals surface area contributed by atoms with Gasteiger partial charge in [-0.1, -0.05) is 19.1 Å². The van der Waals surface area contributed by atoms with Crippen LogP contribution >= 0.6 is 0 Å². The quantitative estimate of drug-likeness (QED) is 0.483. The van der Waals surface area contributed by atoms with Crippen LogP contribution in [0.25, 0.3) is 5.57 Å². The van der Waals surface area contributed by atoms with Crippen molar-refractivity contribution < 1.29 is 9.53 Å². The van der Waals surface area contributed by atoms with Gasteiger partial charge in [-0.15, -0.1) is 0 Å². The van der Waals surface area contributed by atoms with E-state index in [-0.39, 0.29) is 24.7 Å². The fourth-order valence-electron chi connectivity index (χ4n) is 4.01. The summed E-state index contributed by atoms with van der Waals surface area (Å²) in [7, 11) is 0. The van der Waals surface area contributed by atoms with Gasteiger partial charge in [-0.05, 0) is 41.7 Å². The van der Waals surface area contributed by atoms with Crippen LogP contribution in [-0.2, 0) is 11.2 Å². The number of cyclic esters (lactones) is 1. The zero-order valence-electron chi connectivity index (χ0n) is 16.2. The van der Waals surface area contributed by atoms with Gasteiger partial charge in [-0.2, -0.15) is 10.4 Å². The Morgan fingerprint density at radius 2 is 2.38 bits per heavy atom. The van der Waals surface area contributed by atoms with Crippen LogP contribution in [0.2, 0.25) is 0 Å². The van der Waals surface area contributed by atoms with Crippen molar-refractivity contribution in [2.24, 2.45) is 20.9 Å². The molecule has 1 saturated heterocycles. The third kappa shape index (κ3) is 3.51. The first-order chi connectivity index (χ1) is 14.1. The van der Waals surface area contributed by atoms with Crippen molar-refractivity contribution in [1.29, 1.82) is 5.26 Å². The van der Waals surface area contributed by atoms with E-state index in [0.717, 1.165) is 29.7 Å². The molecule has 2 N–H and O–H groups in total. The number of nitriles is 1. The number of amidine groups is 1. The molecule has 2 unspecified atom stereocenters. The molecule has 0 aromatic heterocycles. The molecule has 0 aliphatic carbocycles. The van der Waals surface area contributed by atoms with E-state index in [1.807, 2.05) is 25.1 Å². The van der Waals surface area contributed by atoms with Crippen LogP contribution in [0.5, 0.6) is 0 Å². The number of dihydropyridines is 1. The maximum absolute atomic E-state index is 12.2. The van der Waals surface area contributed by atoms with E-state index in [9.17, 15) is 4.79 Å². The number of nitrogens with two attached hydrogens (primary N) is 1. The largest absolute Gasteiger partial charge is 0.444 e. The van der Waals surface area contributed by atoms with Gasteiger partial charge in [0.15, 0.2) is 0 Å². The highest BCUT2D eigenvalue weighted by Crippen LogP contribution is 2.40. The number of fused-ring (bicyclic) bond motifs is 3. The molecule has 1 amide bonds. The van der Waals surface area contributed by atoms with E-state index >= 15 is 0 Å². The minimum Gasteiger partial charge on any atom is -0.444 e. The van der Waals surface area contributed by atoms with Crippen molar-refractivity contribution >= 4 is 35.1 Å². The van der Waals surface area contributed by atoms with Gasteiger partial charge >= 0.3 is 6.09 Å². The average molecular weight is 390 g/mol. The minimum absolute atomic E-state index is 0.0414. The van der Waals surface area contributed by atoms with Gasteiger partial charge < -0.3 is 10.6 Å². The lowest BCUT2D eigenvalue weighted by atomic mass is 9.98. The third-order valence-corrected chi connectivity index (χ3v) is 5.50. The first-order valence-electron chi connectivity index (χ1n) is 9.67. The number of hydrazone groups is 1. The summed E-state index contributed by atoms with van der Waals surface area (Å²) in [5, 5.41) is 12.2. The summed E-state index contributed by atoms with van der Waals surface area (Å²) in [5.41, 5.74) is 4.81. The van der Waals surface area contributed by atoms with E-state index in [4.69, 9.17) is 15.8 Å². The van der Waals surface area contributed by atoms with E-state index in [0.29, 0.717) is 24.5 Å². The van der Waals surface area contributed by atoms with Crippen molar-refractivity contribution in [1.82, 2.24) is 0 Å². The summed E-state index contributed by atoms with van der Waals surface area (Å²) in [6.45, 7) is 2.58. The summed E-state index contributed by atoms with van der Waals surface area (Å²) >= 11 is 0. The van der Waals surface area contributed by atoms with Gasteiger partial charge in [0.1, 0.15) is 11.9 Å². The summed E-state index contributed by atoms with van der Waals surface area (Å²) in [4.78, 5) is 22.8. The molecule has 148 valence electrons. The molecule has 1 fully saturated rings. The average Bonchev–Trinajstić information content (AvgIpc) is 3.28. The molecule has 4 rings (SSSR count). The van der Waals surface area contributed by atoms with Gasteiger partial charge in [0.2, 0.25) is 0 Å². The molecule has 2 atom stereocenters. The Morgan fingerprint density at radius 3 is 3.07 bits per heavy atom. The maximum atomic E-state index is 12.2. The smallest absolute Gasteiger partial charge is 0.415 e. The van der Waals surface area contributed by atoms with Gasteiger partial charge in [0, 0.05) is 6.42 Å². The minimum atomic E-state index is -0.242. The Morgan fingerprint density at radius 1 is 1.52 bits per heavy atom. The fraction of sp³-hybridized carbons (Fsp3) is 0.381. The fourth-order valence-corrected chi connectivity index (χ4v) is 4.01. The van der Waals surface area contributed by atoms with Gasteiger partial charge in [0.05, 0.1) is 42.7 Å². The van der Waals surface area contributed by atoms with Crippen LogP contribution in [0, 0.1) is 11.3 Å². The first-order valence-corrected chi connectivity index (χ1v) is 9.67. The SMILES string of the molecule is CCC1OC(=O)N2c3ccc(C4=CCC(N=CC(CC#N)=NN)=NC4)cc3CC12. The molecule has 29 heavy (non-hydrogen) atoms. The molecule has 0 saturated carbocycles. The van der Waals surface area contributed by atoms with Crippen LogP contribution in [0.4, 0.5) is 10.5 Å². The molecule has 0 radical (unpaired) electrons. The van der Waals surface area contributed by atoms with Crippen molar-refractivity contribution in [3.63, 3.8) is 0 Å². The Hall–Kier alpha value is -3.47. The number of hydrogen-bond donors (Lipinski definition) is 1. The van der Waals surface area contributed by atoms with E-state index in [1.165, 1.54) is 11.8 Å². The lowest BCUT2D eigenvalue weighted by molar-refractivity contribution is 0.129. The van der Waals surface area contributed by atoms with E-state index < -0.39 is 0 Å². The lowest BCUT2D eigenvalue weighted by Gasteiger charge is -2.15. The predicted molar refractivity (Wildman–Crippen MR) is 112 cm³/mol. The second kappa shape index (κ2) is 7.87. The topological polar surface area (TPSA) is 116 Å². The number of rotatable bonds is 4. The molecule has 8 nitrogen and oxygen atoms in total. The molecular weight excluding hydrogens is 368 g/mol. The number of hydrogen-bond acceptors (Lipinski definition) is 7. The first kappa shape index (κ1) is 18.9. The highest BCUT2D eigenvalue weighted by atomic mass is 16.6. The number of carbonyl (C=O) groups excluding carboxylic acids is 1. The Kier molecular flexibility index (Phi) is 5.12. The van der Waals surface area contributed by atoms with Crippen LogP contribution in [0.15, 0.2) is 39.4 Å². The second-order valence-electron chi connectivity index (χ2n) is 7.19. The molecule has 3 aliphatic rings. The number of carbonyl (C=O) groups is 1. The Labute approximate surface area is 169 Å². The maximum Gasteiger partial charge on any atom is 0.415 e. The van der Waals surface area contributed by atoms with Crippen molar-refractivity contribution in [2.45, 2.75) is 44.8 Å². The third-order valence-electron chi connectivity index (χ3n) is 5.50. The monoisotopic (exact) mass is 390 g/mol. The number of anilines is 1. The highest BCUT2D eigenvalue weighted by molar-refractivity contribution is 6.32. The lowest BCUT2D eigenvalue weighted by Crippen LogP contribution is -2.32. The zero-order valence-corrected chi connectivity index (χ0v) is 16.2. The number of aliphatic imine (C=N–C) groups is 2. The van der Waals surface area contributed by atoms with Gasteiger partial charge in [-0.3, -0.25) is 9.89 Å². The number of ether oxygens (including phenoxy) is 1. The van der Waals surface area contributed by atoms with Crippen molar-refractivity contribution in [2.75, 3.05) is 11.4 Å². The molecule has 1 aromatic carbocycles. The molecule has 3 heterocycles. The molecule has 8 heteroatoms. The Bertz CT molecular complexity index is 1000. The summed E-state index contributed by atoms with van der Waals surface area (Å²) in [6.07, 6.45) is 5.69. The van der Waals surface area contributed by atoms with Gasteiger partial charge in [0.25, 0.3) is 0 Å². The summed E-state index contributed by atoms with van der Waals surface area (Å²) in [5.74, 6) is 5.92. The Balaban J connectivity index is 1.47. The predicted octanol–water partition coefficient (Wildman–Crippen LogP) is 2.83. The molecule has 0 bridgehead atoms. The number of nitrogens with zero attached hydrogens (tertiary/aromatic N) is 5. The van der Waals surface area contributed by atoms with Crippen LogP contribution in [0.3, 0.4) is 0 Å². The van der Waals surface area contributed by atoms with E-state index in [1.54, 1.807) is 4.90 Å². The number of amides is 1. The molecule has 3 aliphatic heterocycles. The summed E-state index contributed by atoms with van der Waals surface area (Å²) in [6, 6.07) is 8.30.